The molecule has 3 heterocycles. The number of aromatic nitrogens is 2. The third-order valence-corrected chi connectivity index (χ3v) is 5.04. The van der Waals surface area contributed by atoms with Crippen molar-refractivity contribution in [2.24, 2.45) is 0 Å². The number of carbonyl (C=O) groups excluding carboxylic acids is 1. The van der Waals surface area contributed by atoms with Crippen LogP contribution in [0.3, 0.4) is 0 Å². The SMILES string of the molecule is Cc1ccc(-c2nc(N)nc3c2C(=O)N(C)C3Cc2ccc(F)cc2C(F)(F)F)o1. The second-order valence-electron chi connectivity index (χ2n) is 7.04. The average Bonchev–Trinajstić information content (AvgIpc) is 3.19. The first kappa shape index (κ1) is 19.9. The molecule has 10 heteroatoms. The van der Waals surface area contributed by atoms with Crippen LogP contribution in [-0.4, -0.2) is 27.8 Å². The number of aryl methyl sites for hydroxylation is 1. The highest BCUT2D eigenvalue weighted by Gasteiger charge is 2.41. The average molecular weight is 420 g/mol. The van der Waals surface area contributed by atoms with E-state index in [1.165, 1.54) is 11.9 Å². The predicted molar refractivity (Wildman–Crippen MR) is 98.8 cm³/mol. The van der Waals surface area contributed by atoms with Crippen molar-refractivity contribution in [2.75, 3.05) is 12.8 Å². The Balaban J connectivity index is 1.83. The van der Waals surface area contributed by atoms with E-state index in [0.717, 1.165) is 12.1 Å². The summed E-state index contributed by atoms with van der Waals surface area (Å²) in [7, 11) is 1.46. The van der Waals surface area contributed by atoms with E-state index in [9.17, 15) is 22.4 Å². The lowest BCUT2D eigenvalue weighted by Crippen LogP contribution is -2.25. The van der Waals surface area contributed by atoms with Gasteiger partial charge in [-0.1, -0.05) is 6.07 Å². The normalized spacial score (nSPS) is 16.3. The van der Waals surface area contributed by atoms with Crippen LogP contribution in [0.4, 0.5) is 23.5 Å². The van der Waals surface area contributed by atoms with Crippen LogP contribution in [0, 0.1) is 12.7 Å². The molecule has 4 rings (SSSR count). The molecular weight excluding hydrogens is 404 g/mol. The topological polar surface area (TPSA) is 85.2 Å². The Morgan fingerprint density at radius 1 is 1.20 bits per heavy atom. The number of nitrogen functional groups attached to an aromatic ring is 1. The molecule has 0 radical (unpaired) electrons. The van der Waals surface area contributed by atoms with Crippen LogP contribution >= 0.6 is 0 Å². The van der Waals surface area contributed by atoms with Gasteiger partial charge in [-0.2, -0.15) is 13.2 Å². The Morgan fingerprint density at radius 3 is 2.57 bits per heavy atom. The van der Waals surface area contributed by atoms with Gasteiger partial charge in [-0.3, -0.25) is 4.79 Å². The second kappa shape index (κ2) is 6.82. The van der Waals surface area contributed by atoms with Crippen LogP contribution in [0.5, 0.6) is 0 Å². The molecule has 0 fully saturated rings. The molecule has 0 saturated carbocycles. The zero-order chi connectivity index (χ0) is 21.8. The molecule has 1 amide bonds. The highest BCUT2D eigenvalue weighted by molar-refractivity contribution is 6.03. The Labute approximate surface area is 168 Å². The fraction of sp³-hybridized carbons (Fsp3) is 0.250. The van der Waals surface area contributed by atoms with E-state index in [0.29, 0.717) is 17.6 Å². The van der Waals surface area contributed by atoms with Crippen molar-refractivity contribution in [3.63, 3.8) is 0 Å². The minimum Gasteiger partial charge on any atom is -0.460 e. The van der Waals surface area contributed by atoms with E-state index in [-0.39, 0.29) is 34.9 Å². The molecule has 1 aromatic carbocycles. The van der Waals surface area contributed by atoms with E-state index in [1.807, 2.05) is 0 Å². The zero-order valence-corrected chi connectivity index (χ0v) is 15.9. The van der Waals surface area contributed by atoms with E-state index < -0.39 is 29.5 Å². The molecule has 1 unspecified atom stereocenters. The summed E-state index contributed by atoms with van der Waals surface area (Å²) in [6, 6.07) is 4.94. The highest BCUT2D eigenvalue weighted by atomic mass is 19.4. The molecule has 2 N–H and O–H groups in total. The van der Waals surface area contributed by atoms with Crippen LogP contribution in [0.1, 0.15) is 39.0 Å². The lowest BCUT2D eigenvalue weighted by Gasteiger charge is -2.22. The number of amides is 1. The van der Waals surface area contributed by atoms with Gasteiger partial charge in [0, 0.05) is 7.05 Å². The third kappa shape index (κ3) is 3.27. The zero-order valence-electron chi connectivity index (χ0n) is 15.9. The quantitative estimate of drug-likeness (QED) is 0.644. The van der Waals surface area contributed by atoms with Gasteiger partial charge in [-0.15, -0.1) is 0 Å². The number of benzene rings is 1. The van der Waals surface area contributed by atoms with Crippen LogP contribution in [-0.2, 0) is 12.6 Å². The van der Waals surface area contributed by atoms with Crippen molar-refractivity contribution in [3.05, 3.63) is 64.3 Å². The first-order chi connectivity index (χ1) is 14.1. The highest BCUT2D eigenvalue weighted by Crippen LogP contribution is 2.41. The molecule has 1 aliphatic heterocycles. The lowest BCUT2D eigenvalue weighted by atomic mass is 9.97. The van der Waals surface area contributed by atoms with E-state index >= 15 is 0 Å². The number of rotatable bonds is 3. The number of halogens is 4. The van der Waals surface area contributed by atoms with Crippen LogP contribution in [0.15, 0.2) is 34.7 Å². The molecule has 30 heavy (non-hydrogen) atoms. The molecule has 0 saturated heterocycles. The minimum atomic E-state index is -4.75. The number of carbonyl (C=O) groups is 1. The molecule has 0 bridgehead atoms. The summed E-state index contributed by atoms with van der Waals surface area (Å²) >= 11 is 0. The summed E-state index contributed by atoms with van der Waals surface area (Å²) in [5.74, 6) is -0.703. The third-order valence-electron chi connectivity index (χ3n) is 5.04. The van der Waals surface area contributed by atoms with Crippen LogP contribution in [0.2, 0.25) is 0 Å². The van der Waals surface area contributed by atoms with Gasteiger partial charge in [0.25, 0.3) is 5.91 Å². The first-order valence-electron chi connectivity index (χ1n) is 8.93. The number of alkyl halides is 3. The first-order valence-corrected chi connectivity index (χ1v) is 8.93. The monoisotopic (exact) mass is 420 g/mol. The molecule has 1 atom stereocenters. The minimum absolute atomic E-state index is 0.127. The Kier molecular flexibility index (Phi) is 4.52. The molecular formula is C20H16F4N4O2. The lowest BCUT2D eigenvalue weighted by molar-refractivity contribution is -0.138. The maximum Gasteiger partial charge on any atom is 0.416 e. The van der Waals surface area contributed by atoms with E-state index in [4.69, 9.17) is 10.2 Å². The van der Waals surface area contributed by atoms with Gasteiger partial charge < -0.3 is 15.1 Å². The van der Waals surface area contributed by atoms with Crippen molar-refractivity contribution in [1.82, 2.24) is 14.9 Å². The van der Waals surface area contributed by atoms with Crippen molar-refractivity contribution in [3.8, 4) is 11.5 Å². The number of hydrogen-bond acceptors (Lipinski definition) is 5. The number of likely N-dealkylation sites (N-methyl/N-ethyl adjacent to an activating group) is 1. The molecule has 0 aliphatic carbocycles. The van der Waals surface area contributed by atoms with Crippen molar-refractivity contribution in [1.29, 1.82) is 0 Å². The maximum absolute atomic E-state index is 13.5. The summed E-state index contributed by atoms with van der Waals surface area (Å²) in [5.41, 5.74) is 5.08. The number of anilines is 1. The Bertz CT molecular complexity index is 1160. The molecule has 0 spiro atoms. The van der Waals surface area contributed by atoms with Gasteiger partial charge in [0.05, 0.1) is 22.9 Å². The number of nitrogens with zero attached hydrogens (tertiary/aromatic N) is 3. The van der Waals surface area contributed by atoms with Crippen molar-refractivity contribution < 1.29 is 26.8 Å². The van der Waals surface area contributed by atoms with Gasteiger partial charge in [-0.05, 0) is 43.2 Å². The van der Waals surface area contributed by atoms with Crippen molar-refractivity contribution in [2.45, 2.75) is 25.6 Å². The summed E-state index contributed by atoms with van der Waals surface area (Å²) in [6.45, 7) is 1.72. The fourth-order valence-electron chi connectivity index (χ4n) is 3.62. The Morgan fingerprint density at radius 2 is 1.93 bits per heavy atom. The Hall–Kier alpha value is -3.43. The summed E-state index contributed by atoms with van der Waals surface area (Å²) in [6.07, 6.45) is -4.97. The van der Waals surface area contributed by atoms with E-state index in [2.05, 4.69) is 9.97 Å². The molecule has 6 nitrogen and oxygen atoms in total. The molecule has 3 aromatic rings. The van der Waals surface area contributed by atoms with Crippen LogP contribution in [0.25, 0.3) is 11.5 Å². The van der Waals surface area contributed by atoms with E-state index in [1.54, 1.807) is 19.1 Å². The predicted octanol–water partition coefficient (Wildman–Crippen LogP) is 4.15. The summed E-state index contributed by atoms with van der Waals surface area (Å²) < 4.78 is 59.3. The number of furan rings is 1. The van der Waals surface area contributed by atoms with Gasteiger partial charge in [-0.25, -0.2) is 14.4 Å². The number of hydrogen-bond donors (Lipinski definition) is 1. The standard InChI is InChI=1S/C20H16F4N4O2/c1-9-3-6-14(30-9)17-15-16(26-19(25)27-17)13(28(2)18(15)29)7-10-4-5-11(21)8-12(10)20(22,23)24/h3-6,8,13H,7H2,1-2H3,(H2,25,26,27). The largest absolute Gasteiger partial charge is 0.460 e. The van der Waals surface area contributed by atoms with Gasteiger partial charge >= 0.3 is 6.18 Å². The molecule has 1 aliphatic rings. The molecule has 156 valence electrons. The van der Waals surface area contributed by atoms with Crippen molar-refractivity contribution >= 4 is 11.9 Å². The van der Waals surface area contributed by atoms with Gasteiger partial charge in [0.15, 0.2) is 5.76 Å². The summed E-state index contributed by atoms with van der Waals surface area (Å²) in [4.78, 5) is 22.5. The number of fused-ring (bicyclic) bond motifs is 1. The smallest absolute Gasteiger partial charge is 0.416 e. The van der Waals surface area contributed by atoms with Gasteiger partial charge in [0.1, 0.15) is 17.3 Å². The van der Waals surface area contributed by atoms with Gasteiger partial charge in [0.2, 0.25) is 5.95 Å². The fourth-order valence-corrected chi connectivity index (χ4v) is 3.62. The molecule has 2 aromatic heterocycles. The second-order valence-corrected chi connectivity index (χ2v) is 7.04. The number of nitrogens with two attached hydrogens (primary N) is 1. The van der Waals surface area contributed by atoms with Crippen LogP contribution < -0.4 is 5.73 Å². The maximum atomic E-state index is 13.5. The summed E-state index contributed by atoms with van der Waals surface area (Å²) in [5, 5.41) is 0.